The van der Waals surface area contributed by atoms with Gasteiger partial charge in [-0.15, -0.1) is 0 Å². The third kappa shape index (κ3) is 6.88. The highest BCUT2D eigenvalue weighted by Crippen LogP contribution is 2.56. The molecular formula is C27H24F3O5PS2. The molecule has 0 atom stereocenters. The van der Waals surface area contributed by atoms with Crippen LogP contribution in [0.25, 0.3) is 0 Å². The quantitative estimate of drug-likeness (QED) is 0.186. The van der Waals surface area contributed by atoms with E-state index in [0.717, 1.165) is 21.5 Å². The van der Waals surface area contributed by atoms with Gasteiger partial charge in [-0.2, -0.15) is 13.2 Å². The van der Waals surface area contributed by atoms with Gasteiger partial charge in [0.2, 0.25) is 9.84 Å². The number of benzene rings is 4. The van der Waals surface area contributed by atoms with Gasteiger partial charge in [0.25, 0.3) is 0 Å². The van der Waals surface area contributed by atoms with Crippen LogP contribution in [0.15, 0.2) is 120 Å². The molecule has 38 heavy (non-hydrogen) atoms. The van der Waals surface area contributed by atoms with Crippen molar-refractivity contribution >= 4 is 43.1 Å². The lowest BCUT2D eigenvalue weighted by atomic mass is 10.2. The minimum absolute atomic E-state index is 0.0566. The van der Waals surface area contributed by atoms with Gasteiger partial charge in [-0.1, -0.05) is 72.3 Å². The molecule has 0 aliphatic carbocycles. The van der Waals surface area contributed by atoms with Crippen molar-refractivity contribution in [3.8, 4) is 0 Å². The van der Waals surface area contributed by atoms with Crippen molar-refractivity contribution in [2.24, 2.45) is 0 Å². The fraction of sp³-hybridized carbons (Fsp3) is 0.111. The molecule has 4 aromatic carbocycles. The summed E-state index contributed by atoms with van der Waals surface area (Å²) in [7, 11) is -12.1. The topological polar surface area (TPSA) is 91.3 Å². The van der Waals surface area contributed by atoms with Crippen molar-refractivity contribution in [1.82, 2.24) is 0 Å². The van der Waals surface area contributed by atoms with Crippen molar-refractivity contribution in [3.63, 3.8) is 0 Å². The predicted molar refractivity (Wildman–Crippen MR) is 144 cm³/mol. The number of alkyl halides is 3. The fourth-order valence-electron chi connectivity index (χ4n) is 3.79. The summed E-state index contributed by atoms with van der Waals surface area (Å²) in [5, 5.41) is 3.20. The molecule has 0 bridgehead atoms. The van der Waals surface area contributed by atoms with Gasteiger partial charge < -0.3 is 4.55 Å². The van der Waals surface area contributed by atoms with E-state index in [1.165, 1.54) is 0 Å². The first-order valence-corrected chi connectivity index (χ1v) is 16.2. The second kappa shape index (κ2) is 11.8. The fourth-order valence-corrected chi connectivity index (χ4v) is 11.7. The van der Waals surface area contributed by atoms with Crippen LogP contribution in [0.2, 0.25) is 0 Å². The zero-order valence-corrected chi connectivity index (χ0v) is 22.6. The lowest BCUT2D eigenvalue weighted by Crippen LogP contribution is -2.35. The van der Waals surface area contributed by atoms with Gasteiger partial charge in [0.15, 0.2) is 15.6 Å². The number of hydrogen-bond acceptors (Lipinski definition) is 5. The van der Waals surface area contributed by atoms with Gasteiger partial charge in [0.05, 0.1) is 4.90 Å². The molecule has 0 radical (unpaired) electrons. The van der Waals surface area contributed by atoms with E-state index in [1.54, 1.807) is 12.1 Å². The minimum atomic E-state index is -6.09. The van der Waals surface area contributed by atoms with Crippen LogP contribution in [-0.4, -0.2) is 32.4 Å². The maximum Gasteiger partial charge on any atom is 0.485 e. The third-order valence-corrected chi connectivity index (χ3v) is 13.6. The van der Waals surface area contributed by atoms with Crippen LogP contribution >= 0.6 is 7.26 Å². The van der Waals surface area contributed by atoms with Crippen molar-refractivity contribution in [1.29, 1.82) is 0 Å². The van der Waals surface area contributed by atoms with E-state index in [2.05, 4.69) is 36.4 Å². The Kier molecular flexibility index (Phi) is 9.15. The van der Waals surface area contributed by atoms with Crippen molar-refractivity contribution in [2.45, 2.75) is 17.3 Å². The second-order valence-electron chi connectivity index (χ2n) is 8.27. The lowest BCUT2D eigenvalue weighted by Gasteiger charge is -2.27. The van der Waals surface area contributed by atoms with E-state index in [4.69, 9.17) is 13.0 Å². The van der Waals surface area contributed by atoms with Crippen LogP contribution in [0.4, 0.5) is 13.2 Å². The molecule has 0 aliphatic rings. The molecule has 0 saturated heterocycles. The predicted octanol–water partition coefficient (Wildman–Crippen LogP) is 4.77. The first-order valence-electron chi connectivity index (χ1n) is 11.1. The average molecular weight is 581 g/mol. The van der Waals surface area contributed by atoms with Gasteiger partial charge in [-0.25, -0.2) is 16.8 Å². The van der Waals surface area contributed by atoms with E-state index in [9.17, 15) is 21.6 Å². The van der Waals surface area contributed by atoms with Crippen LogP contribution in [0.3, 0.4) is 0 Å². The summed E-state index contributed by atoms with van der Waals surface area (Å²) in [6, 6.07) is 37.5. The van der Waals surface area contributed by atoms with Gasteiger partial charge in [-0.3, -0.25) is 0 Å². The maximum absolute atomic E-state index is 13.7. The standard InChI is InChI=1S/C26H24O2PS.CHF3O3S/c1-22-17-19-26(20-18-22)30(27,28)21-29(23-11-5-2-6-12-23,24-13-7-3-8-14-24)25-15-9-4-10-16-25;2-1(3,4)8(5,6)7/h2-20H,21H2,1H3;(H,5,6,7)/q+1;/p-1. The first-order chi connectivity index (χ1) is 17.8. The molecule has 0 N–H and O–H groups in total. The SMILES string of the molecule is Cc1ccc(S(=O)(=O)C[P+](c2ccccc2)(c2ccccc2)c2ccccc2)cc1.O=S(=O)([O-])C(F)(F)F. The Morgan fingerprint density at radius 2 is 0.947 bits per heavy atom. The molecule has 5 nitrogen and oxygen atoms in total. The zero-order chi connectivity index (χ0) is 28.0. The molecule has 0 fully saturated rings. The molecule has 0 aliphatic heterocycles. The third-order valence-electron chi connectivity index (χ3n) is 5.62. The largest absolute Gasteiger partial charge is 0.741 e. The second-order valence-corrected chi connectivity index (χ2v) is 15.5. The van der Waals surface area contributed by atoms with Gasteiger partial charge >= 0.3 is 5.51 Å². The van der Waals surface area contributed by atoms with E-state index < -0.39 is 32.7 Å². The smallest absolute Gasteiger partial charge is 0.485 e. The molecule has 4 aromatic rings. The van der Waals surface area contributed by atoms with E-state index in [0.29, 0.717) is 4.90 Å². The summed E-state index contributed by atoms with van der Waals surface area (Å²) in [5.74, 6) is 0. The summed E-state index contributed by atoms with van der Waals surface area (Å²) in [5.41, 5.74) is -4.54. The van der Waals surface area contributed by atoms with Crippen molar-refractivity contribution < 1.29 is 34.6 Å². The molecular weight excluding hydrogens is 556 g/mol. The molecule has 0 spiro atoms. The van der Waals surface area contributed by atoms with E-state index >= 15 is 0 Å². The van der Waals surface area contributed by atoms with Crippen LogP contribution in [0.5, 0.6) is 0 Å². The number of sulfone groups is 1. The van der Waals surface area contributed by atoms with Gasteiger partial charge in [0, 0.05) is 0 Å². The first kappa shape index (κ1) is 29.5. The van der Waals surface area contributed by atoms with Crippen molar-refractivity contribution in [2.75, 3.05) is 5.49 Å². The van der Waals surface area contributed by atoms with Crippen molar-refractivity contribution in [3.05, 3.63) is 121 Å². The summed E-state index contributed by atoms with van der Waals surface area (Å²) in [6.45, 7) is 1.96. The number of hydrogen-bond donors (Lipinski definition) is 0. The van der Waals surface area contributed by atoms with Gasteiger partial charge in [0.1, 0.15) is 23.2 Å². The monoisotopic (exact) mass is 580 g/mol. The Labute approximate surface area is 221 Å². The Morgan fingerprint density at radius 1 is 0.632 bits per heavy atom. The normalized spacial score (nSPS) is 12.3. The highest BCUT2D eigenvalue weighted by Gasteiger charge is 2.49. The van der Waals surface area contributed by atoms with Crippen LogP contribution in [0, 0.1) is 6.92 Å². The Balaban J connectivity index is 0.000000436. The summed E-state index contributed by atoms with van der Waals surface area (Å²) >= 11 is 0. The minimum Gasteiger partial charge on any atom is -0.741 e. The molecule has 0 saturated carbocycles. The highest BCUT2D eigenvalue weighted by molar-refractivity contribution is 8.09. The molecule has 200 valence electrons. The Hall–Kier alpha value is -3.04. The number of rotatable bonds is 6. The number of aryl methyl sites for hydroxylation is 1. The highest BCUT2D eigenvalue weighted by atomic mass is 32.2. The summed E-state index contributed by atoms with van der Waals surface area (Å²) in [6.07, 6.45) is 0. The molecule has 0 amide bonds. The Morgan fingerprint density at radius 3 is 1.24 bits per heavy atom. The zero-order valence-electron chi connectivity index (χ0n) is 20.1. The van der Waals surface area contributed by atoms with E-state index in [1.807, 2.05) is 73.7 Å². The maximum atomic E-state index is 13.7. The summed E-state index contributed by atoms with van der Waals surface area (Å²) < 4.78 is 86.3. The van der Waals surface area contributed by atoms with Crippen LogP contribution < -0.4 is 15.9 Å². The average Bonchev–Trinajstić information content (AvgIpc) is 2.88. The van der Waals surface area contributed by atoms with E-state index in [-0.39, 0.29) is 5.49 Å². The summed E-state index contributed by atoms with van der Waals surface area (Å²) in [4.78, 5) is 0.375. The molecule has 11 heteroatoms. The Bertz CT molecular complexity index is 1450. The van der Waals surface area contributed by atoms with Gasteiger partial charge in [-0.05, 0) is 55.5 Å². The molecule has 0 heterocycles. The number of halogens is 3. The molecule has 0 aromatic heterocycles. The lowest BCUT2D eigenvalue weighted by molar-refractivity contribution is -0.0517. The van der Waals surface area contributed by atoms with Crippen LogP contribution in [0.1, 0.15) is 5.56 Å². The molecule has 0 unspecified atom stereocenters. The van der Waals surface area contributed by atoms with Crippen LogP contribution in [-0.2, 0) is 20.0 Å². The molecule has 4 rings (SSSR count).